The van der Waals surface area contributed by atoms with Crippen molar-refractivity contribution in [2.24, 2.45) is 0 Å². The molecule has 2 unspecified atom stereocenters. The first-order chi connectivity index (χ1) is 27.9. The fourth-order valence-corrected chi connectivity index (χ4v) is 7.79. The molecule has 0 spiro atoms. The molecular formula is C39H37ClF4N8O5S2. The molecule has 20 heteroatoms. The molecule has 0 aliphatic carbocycles. The van der Waals surface area contributed by atoms with Gasteiger partial charge in [0.05, 0.1) is 60.2 Å². The maximum Gasteiger partial charge on any atom is 0.149 e. The van der Waals surface area contributed by atoms with Crippen LogP contribution in [0.4, 0.5) is 40.8 Å². The molecule has 5 N–H and O–H groups in total. The summed E-state index contributed by atoms with van der Waals surface area (Å²) in [6, 6.07) is 16.8. The zero-order chi connectivity index (χ0) is 42.9. The van der Waals surface area contributed by atoms with E-state index in [-0.39, 0.29) is 63.3 Å². The molecule has 0 radical (unpaired) electrons. The number of aliphatic hydroxyl groups is 1. The topological polar surface area (TPSA) is 196 Å². The predicted molar refractivity (Wildman–Crippen MR) is 219 cm³/mol. The van der Waals surface area contributed by atoms with Gasteiger partial charge in [0.25, 0.3) is 0 Å². The standard InChI is InChI=1S/C20H20F2N4O3S.C19H17ClF2N4O2S/c1-29-18-9-14(21)2-3-15(18)16-10-20(25-11-17(16)22)26-19-8-13(4-5-24-19)12-30(23,28)7-6-27;1-28-16-7-12(21)3-4-13(16)14-8-18(24-9-15(14)22)26-19-6-11(5-17(20)25-19)10-29(2,23)27/h2-5,8-11,23,27H,6-7,12H2,1H3,(H,24,25,26);3-9,23H,10H2,1-2H3,(H,24,25,26). The molecule has 59 heavy (non-hydrogen) atoms. The number of aliphatic hydroxyl groups excluding tert-OH is 1. The molecule has 6 aromatic rings. The Hall–Kier alpha value is -5.89. The van der Waals surface area contributed by atoms with E-state index in [4.69, 9.17) is 35.7 Å². The molecule has 310 valence electrons. The molecule has 4 aromatic heterocycles. The lowest BCUT2D eigenvalue weighted by molar-refractivity contribution is 0.321. The maximum atomic E-state index is 14.4. The summed E-state index contributed by atoms with van der Waals surface area (Å²) < 4.78 is 105. The Morgan fingerprint density at radius 3 is 1.69 bits per heavy atom. The third kappa shape index (κ3) is 12.5. The van der Waals surface area contributed by atoms with Gasteiger partial charge in [0, 0.05) is 56.6 Å². The van der Waals surface area contributed by atoms with E-state index in [1.165, 1.54) is 69.1 Å². The predicted octanol–water partition coefficient (Wildman–Crippen LogP) is 8.72. The van der Waals surface area contributed by atoms with E-state index >= 15 is 0 Å². The average molecular weight is 873 g/mol. The van der Waals surface area contributed by atoms with Gasteiger partial charge in [-0.15, -0.1) is 0 Å². The molecule has 0 bridgehead atoms. The highest BCUT2D eigenvalue weighted by Gasteiger charge is 2.16. The minimum atomic E-state index is -2.95. The lowest BCUT2D eigenvalue weighted by Gasteiger charge is -2.12. The minimum Gasteiger partial charge on any atom is -0.496 e. The van der Waals surface area contributed by atoms with E-state index in [1.807, 2.05) is 0 Å². The molecule has 0 fully saturated rings. The van der Waals surface area contributed by atoms with Crippen molar-refractivity contribution < 1.29 is 40.6 Å². The molecule has 0 amide bonds. The Kier molecular flexibility index (Phi) is 14.4. The Morgan fingerprint density at radius 2 is 1.19 bits per heavy atom. The van der Waals surface area contributed by atoms with Crippen LogP contribution in [0.25, 0.3) is 22.3 Å². The Morgan fingerprint density at radius 1 is 0.678 bits per heavy atom. The van der Waals surface area contributed by atoms with Crippen LogP contribution in [0.3, 0.4) is 0 Å². The largest absolute Gasteiger partial charge is 0.496 e. The van der Waals surface area contributed by atoms with Gasteiger partial charge in [-0.05, 0) is 71.8 Å². The first-order valence-electron chi connectivity index (χ1n) is 17.2. The number of anilines is 4. The van der Waals surface area contributed by atoms with Crippen LogP contribution in [-0.4, -0.2) is 66.3 Å². The van der Waals surface area contributed by atoms with Crippen molar-refractivity contribution in [1.29, 1.82) is 9.56 Å². The summed E-state index contributed by atoms with van der Waals surface area (Å²) in [5, 5.41) is 14.9. The number of nitrogens with zero attached hydrogens (tertiary/aromatic N) is 4. The van der Waals surface area contributed by atoms with Crippen LogP contribution in [0.2, 0.25) is 5.15 Å². The summed E-state index contributed by atoms with van der Waals surface area (Å²) in [4.78, 5) is 16.3. The summed E-state index contributed by atoms with van der Waals surface area (Å²) in [6.07, 6.45) is 4.87. The molecule has 0 saturated heterocycles. The van der Waals surface area contributed by atoms with Crippen LogP contribution in [0.5, 0.6) is 11.5 Å². The molecule has 4 heterocycles. The van der Waals surface area contributed by atoms with E-state index in [0.717, 1.165) is 24.5 Å². The van der Waals surface area contributed by atoms with Crippen LogP contribution in [0.1, 0.15) is 11.1 Å². The van der Waals surface area contributed by atoms with E-state index in [9.17, 15) is 26.0 Å². The number of benzene rings is 2. The average Bonchev–Trinajstić information content (AvgIpc) is 3.15. The van der Waals surface area contributed by atoms with Crippen LogP contribution >= 0.6 is 11.6 Å². The second-order valence-corrected chi connectivity index (χ2v) is 17.8. The van der Waals surface area contributed by atoms with E-state index in [2.05, 4.69) is 30.6 Å². The number of halogens is 5. The van der Waals surface area contributed by atoms with Crippen LogP contribution < -0.4 is 20.1 Å². The summed E-state index contributed by atoms with van der Waals surface area (Å²) in [5.41, 5.74) is 2.21. The van der Waals surface area contributed by atoms with Crippen molar-refractivity contribution in [3.63, 3.8) is 0 Å². The first kappa shape index (κ1) is 44.2. The SMILES string of the molecule is COc1cc(F)ccc1-c1cc(Nc2cc(CS(=N)(=O)CCO)ccn2)ncc1F.COc1cc(F)ccc1-c1cc(Nc2cc(CS(C)(=N)=O)cc(Cl)n2)ncc1F. The fourth-order valence-electron chi connectivity index (χ4n) is 5.60. The smallest absolute Gasteiger partial charge is 0.149 e. The third-order valence-corrected chi connectivity index (χ3v) is 10.8. The van der Waals surface area contributed by atoms with Crippen molar-refractivity contribution in [3.8, 4) is 33.8 Å². The molecular weight excluding hydrogens is 836 g/mol. The Balaban J connectivity index is 0.000000224. The van der Waals surface area contributed by atoms with Crippen molar-refractivity contribution in [1.82, 2.24) is 19.9 Å². The number of pyridine rings is 4. The first-order valence-corrected chi connectivity index (χ1v) is 21.6. The van der Waals surface area contributed by atoms with Crippen LogP contribution in [-0.2, 0) is 31.0 Å². The fraction of sp³-hybridized carbons (Fsp3) is 0.179. The molecule has 0 aliphatic heterocycles. The molecule has 6 rings (SSSR count). The Bertz CT molecular complexity index is 2700. The number of hydrogen-bond donors (Lipinski definition) is 5. The van der Waals surface area contributed by atoms with Crippen LogP contribution in [0.15, 0.2) is 91.4 Å². The van der Waals surface area contributed by atoms with Crippen molar-refractivity contribution >= 4 is 54.3 Å². The quantitative estimate of drug-likeness (QED) is 0.0519. The number of methoxy groups -OCH3 is 2. The van der Waals surface area contributed by atoms with Gasteiger partial charge in [0.1, 0.15) is 63.2 Å². The summed E-state index contributed by atoms with van der Waals surface area (Å²) in [5.74, 6) is -0.787. The highest BCUT2D eigenvalue weighted by atomic mass is 35.5. The van der Waals surface area contributed by atoms with Crippen LogP contribution in [0, 0.1) is 32.8 Å². The normalized spacial score (nSPS) is 13.0. The van der Waals surface area contributed by atoms with Gasteiger partial charge in [-0.1, -0.05) is 11.6 Å². The number of nitrogens with one attached hydrogen (secondary N) is 4. The number of rotatable bonds is 14. The van der Waals surface area contributed by atoms with Gasteiger partial charge in [-0.25, -0.2) is 45.9 Å². The van der Waals surface area contributed by atoms with Crippen molar-refractivity contribution in [2.75, 3.05) is 43.5 Å². The van der Waals surface area contributed by atoms with Gasteiger partial charge < -0.3 is 25.2 Å². The van der Waals surface area contributed by atoms with Gasteiger partial charge in [-0.3, -0.25) is 9.56 Å². The zero-order valence-corrected chi connectivity index (χ0v) is 34.0. The number of aromatic nitrogens is 4. The van der Waals surface area contributed by atoms with E-state index in [0.29, 0.717) is 33.9 Å². The second-order valence-electron chi connectivity index (χ2n) is 12.8. The highest BCUT2D eigenvalue weighted by Crippen LogP contribution is 2.35. The summed E-state index contributed by atoms with van der Waals surface area (Å²) in [7, 11) is -2.98. The third-order valence-electron chi connectivity index (χ3n) is 8.07. The summed E-state index contributed by atoms with van der Waals surface area (Å²) >= 11 is 6.01. The molecule has 0 saturated carbocycles. The van der Waals surface area contributed by atoms with E-state index in [1.54, 1.807) is 18.2 Å². The molecule has 2 atom stereocenters. The van der Waals surface area contributed by atoms with Gasteiger partial charge in [-0.2, -0.15) is 0 Å². The Labute approximate surface area is 342 Å². The van der Waals surface area contributed by atoms with Gasteiger partial charge >= 0.3 is 0 Å². The van der Waals surface area contributed by atoms with Crippen molar-refractivity contribution in [3.05, 3.63) is 131 Å². The lowest BCUT2D eigenvalue weighted by Crippen LogP contribution is -2.11. The van der Waals surface area contributed by atoms with E-state index < -0.39 is 42.7 Å². The molecule has 0 aliphatic rings. The van der Waals surface area contributed by atoms with Crippen molar-refractivity contribution in [2.45, 2.75) is 11.5 Å². The van der Waals surface area contributed by atoms with Gasteiger partial charge in [0.2, 0.25) is 0 Å². The monoisotopic (exact) mass is 872 g/mol. The summed E-state index contributed by atoms with van der Waals surface area (Å²) in [6.45, 7) is -0.326. The lowest BCUT2D eigenvalue weighted by atomic mass is 10.0. The molecule has 13 nitrogen and oxygen atoms in total. The number of hydrogen-bond acceptors (Lipinski definition) is 13. The second kappa shape index (κ2) is 19.2. The number of ether oxygens (including phenoxy) is 2. The highest BCUT2D eigenvalue weighted by molar-refractivity contribution is 7.91. The molecule has 2 aromatic carbocycles. The van der Waals surface area contributed by atoms with Gasteiger partial charge in [0.15, 0.2) is 0 Å². The maximum absolute atomic E-state index is 14.4. The minimum absolute atomic E-state index is 0.0127. The zero-order valence-electron chi connectivity index (χ0n) is 31.6.